The third-order valence-corrected chi connectivity index (χ3v) is 3.39. The van der Waals surface area contributed by atoms with Gasteiger partial charge in [-0.15, -0.1) is 0 Å². The number of aliphatic hydroxyl groups is 1. The van der Waals surface area contributed by atoms with E-state index in [-0.39, 0.29) is 6.61 Å². The fourth-order valence-electron chi connectivity index (χ4n) is 2.15. The number of fused-ring (bicyclic) bond motifs is 1. The van der Waals surface area contributed by atoms with Crippen LogP contribution in [0.25, 0.3) is 10.9 Å². The minimum atomic E-state index is 0.221. The molecular weight excluding hydrogens is 222 g/mol. The van der Waals surface area contributed by atoms with Crippen LogP contribution in [0.3, 0.4) is 0 Å². The lowest BCUT2D eigenvalue weighted by Gasteiger charge is -2.07. The lowest BCUT2D eigenvalue weighted by Crippen LogP contribution is -1.99. The summed E-state index contributed by atoms with van der Waals surface area (Å²) in [5, 5.41) is 10.9. The van der Waals surface area contributed by atoms with Crippen LogP contribution in [0.1, 0.15) is 17.5 Å². The van der Waals surface area contributed by atoms with E-state index in [0.29, 0.717) is 0 Å². The fourth-order valence-corrected chi connectivity index (χ4v) is 2.30. The highest BCUT2D eigenvalue weighted by atomic mass is 35.5. The molecule has 16 heavy (non-hydrogen) atoms. The molecule has 0 amide bonds. The van der Waals surface area contributed by atoms with E-state index in [4.69, 9.17) is 16.7 Å². The minimum absolute atomic E-state index is 0.221. The van der Waals surface area contributed by atoms with Gasteiger partial charge in [-0.1, -0.05) is 17.7 Å². The molecule has 0 saturated carbocycles. The smallest absolute Gasteiger partial charge is 0.0527 e. The van der Waals surface area contributed by atoms with Crippen LogP contribution in [0.2, 0.25) is 5.02 Å². The van der Waals surface area contributed by atoms with Gasteiger partial charge < -0.3 is 9.67 Å². The highest BCUT2D eigenvalue weighted by Gasteiger charge is 2.09. The zero-order chi connectivity index (χ0) is 11.7. The lowest BCUT2D eigenvalue weighted by atomic mass is 10.1. The molecule has 86 valence electrons. The third-order valence-electron chi connectivity index (χ3n) is 2.98. The van der Waals surface area contributed by atoms with Crippen LogP contribution in [0.15, 0.2) is 18.3 Å². The maximum atomic E-state index is 8.89. The number of hydrogen-bond donors (Lipinski definition) is 1. The van der Waals surface area contributed by atoms with Crippen molar-refractivity contribution in [1.29, 1.82) is 0 Å². The Morgan fingerprint density at radius 2 is 2.06 bits per heavy atom. The van der Waals surface area contributed by atoms with Gasteiger partial charge in [-0.05, 0) is 37.5 Å². The van der Waals surface area contributed by atoms with E-state index in [1.165, 1.54) is 16.5 Å². The number of halogens is 1. The van der Waals surface area contributed by atoms with E-state index in [1.807, 2.05) is 13.0 Å². The molecule has 0 radical (unpaired) electrons. The average Bonchev–Trinajstić information content (AvgIpc) is 2.58. The summed E-state index contributed by atoms with van der Waals surface area (Å²) in [6, 6.07) is 4.01. The standard InChI is InChI=1S/C13H16ClNO/c1-9-8-15(6-3-7-16)13-10(2)12(14)5-4-11(9)13/h4-5,8,16H,3,6-7H2,1-2H3. The molecule has 2 rings (SSSR count). The largest absolute Gasteiger partial charge is 0.396 e. The number of benzene rings is 1. The first-order valence-corrected chi connectivity index (χ1v) is 5.88. The molecule has 0 unspecified atom stereocenters. The van der Waals surface area contributed by atoms with Gasteiger partial charge >= 0.3 is 0 Å². The molecule has 0 atom stereocenters. The Hall–Kier alpha value is -0.990. The van der Waals surface area contributed by atoms with Crippen molar-refractivity contribution in [2.45, 2.75) is 26.8 Å². The van der Waals surface area contributed by atoms with Gasteiger partial charge in [0.05, 0.1) is 5.52 Å². The molecule has 3 heteroatoms. The second-order valence-electron chi connectivity index (χ2n) is 4.15. The zero-order valence-electron chi connectivity index (χ0n) is 9.63. The van der Waals surface area contributed by atoms with Gasteiger partial charge in [0.15, 0.2) is 0 Å². The summed E-state index contributed by atoms with van der Waals surface area (Å²) in [5.74, 6) is 0. The van der Waals surface area contributed by atoms with Crippen LogP contribution >= 0.6 is 11.6 Å². The van der Waals surface area contributed by atoms with Crippen molar-refractivity contribution in [2.24, 2.45) is 0 Å². The van der Waals surface area contributed by atoms with Crippen molar-refractivity contribution < 1.29 is 5.11 Å². The van der Waals surface area contributed by atoms with Crippen molar-refractivity contribution in [3.63, 3.8) is 0 Å². The molecular formula is C13H16ClNO. The van der Waals surface area contributed by atoms with Crippen molar-refractivity contribution in [2.75, 3.05) is 6.61 Å². The molecule has 1 heterocycles. The predicted octanol–water partition coefficient (Wildman–Crippen LogP) is 3.29. The topological polar surface area (TPSA) is 25.2 Å². The average molecular weight is 238 g/mol. The van der Waals surface area contributed by atoms with E-state index in [1.54, 1.807) is 0 Å². The number of hydrogen-bond acceptors (Lipinski definition) is 1. The summed E-state index contributed by atoms with van der Waals surface area (Å²) < 4.78 is 2.18. The van der Waals surface area contributed by atoms with Crippen molar-refractivity contribution in [3.8, 4) is 0 Å². The SMILES string of the molecule is Cc1cn(CCCO)c2c(C)c(Cl)ccc12. The Morgan fingerprint density at radius 3 is 2.75 bits per heavy atom. The van der Waals surface area contributed by atoms with Gasteiger partial charge in [-0.3, -0.25) is 0 Å². The Labute approximate surface area is 100 Å². The maximum Gasteiger partial charge on any atom is 0.0527 e. The van der Waals surface area contributed by atoms with Gasteiger partial charge in [-0.2, -0.15) is 0 Å². The van der Waals surface area contributed by atoms with Gasteiger partial charge in [0, 0.05) is 29.8 Å². The Kier molecular flexibility index (Phi) is 3.22. The summed E-state index contributed by atoms with van der Waals surface area (Å²) in [5.41, 5.74) is 3.57. The van der Waals surface area contributed by atoms with Crippen molar-refractivity contribution >= 4 is 22.5 Å². The van der Waals surface area contributed by atoms with Crippen LogP contribution < -0.4 is 0 Å². The summed E-state index contributed by atoms with van der Waals surface area (Å²) in [6.45, 7) is 5.20. The molecule has 0 aliphatic rings. The van der Waals surface area contributed by atoms with E-state index in [2.05, 4.69) is 23.8 Å². The molecule has 2 nitrogen and oxygen atoms in total. The summed E-state index contributed by atoms with van der Waals surface area (Å²) in [6.07, 6.45) is 2.90. The van der Waals surface area contributed by atoms with Crippen LogP contribution in [0.5, 0.6) is 0 Å². The number of rotatable bonds is 3. The quantitative estimate of drug-likeness (QED) is 0.871. The van der Waals surface area contributed by atoms with E-state index in [0.717, 1.165) is 23.6 Å². The molecule has 0 fully saturated rings. The van der Waals surface area contributed by atoms with Gasteiger partial charge in [0.1, 0.15) is 0 Å². The summed E-state index contributed by atoms with van der Waals surface area (Å²) in [7, 11) is 0. The molecule has 0 bridgehead atoms. The number of aromatic nitrogens is 1. The molecule has 0 spiro atoms. The molecule has 1 N–H and O–H groups in total. The molecule has 1 aromatic carbocycles. The van der Waals surface area contributed by atoms with Crippen LogP contribution in [-0.2, 0) is 6.54 Å². The van der Waals surface area contributed by atoms with Crippen LogP contribution in [-0.4, -0.2) is 16.3 Å². The second kappa shape index (κ2) is 4.48. The second-order valence-corrected chi connectivity index (χ2v) is 4.56. The van der Waals surface area contributed by atoms with Crippen molar-refractivity contribution in [3.05, 3.63) is 34.5 Å². The highest BCUT2D eigenvalue weighted by Crippen LogP contribution is 2.29. The lowest BCUT2D eigenvalue weighted by molar-refractivity contribution is 0.280. The Bertz CT molecular complexity index is 516. The zero-order valence-corrected chi connectivity index (χ0v) is 10.4. The molecule has 0 aliphatic heterocycles. The molecule has 0 saturated heterocycles. The third kappa shape index (κ3) is 1.83. The predicted molar refractivity (Wildman–Crippen MR) is 68.1 cm³/mol. The van der Waals surface area contributed by atoms with Gasteiger partial charge in [-0.25, -0.2) is 0 Å². The summed E-state index contributed by atoms with van der Waals surface area (Å²) >= 11 is 6.14. The first-order chi connectivity index (χ1) is 7.65. The maximum absolute atomic E-state index is 8.89. The highest BCUT2D eigenvalue weighted by molar-refractivity contribution is 6.32. The Balaban J connectivity index is 2.61. The van der Waals surface area contributed by atoms with Crippen molar-refractivity contribution in [1.82, 2.24) is 4.57 Å². The van der Waals surface area contributed by atoms with Gasteiger partial charge in [0.25, 0.3) is 0 Å². The number of nitrogens with zero attached hydrogens (tertiary/aromatic N) is 1. The van der Waals surface area contributed by atoms with Crippen LogP contribution in [0, 0.1) is 13.8 Å². The van der Waals surface area contributed by atoms with E-state index >= 15 is 0 Å². The van der Waals surface area contributed by atoms with Crippen LogP contribution in [0.4, 0.5) is 0 Å². The first kappa shape index (κ1) is 11.5. The minimum Gasteiger partial charge on any atom is -0.396 e. The molecule has 1 aromatic heterocycles. The van der Waals surface area contributed by atoms with Gasteiger partial charge in [0.2, 0.25) is 0 Å². The van der Waals surface area contributed by atoms with E-state index < -0.39 is 0 Å². The first-order valence-electron chi connectivity index (χ1n) is 5.50. The Morgan fingerprint density at radius 1 is 1.31 bits per heavy atom. The number of aryl methyl sites for hydroxylation is 3. The monoisotopic (exact) mass is 237 g/mol. The number of aliphatic hydroxyl groups excluding tert-OH is 1. The van der Waals surface area contributed by atoms with E-state index in [9.17, 15) is 0 Å². The fraction of sp³-hybridized carbons (Fsp3) is 0.385. The summed E-state index contributed by atoms with van der Waals surface area (Å²) in [4.78, 5) is 0. The normalized spacial score (nSPS) is 11.2. The molecule has 2 aromatic rings. The molecule has 0 aliphatic carbocycles.